The quantitative estimate of drug-likeness (QED) is 0.889. The van der Waals surface area contributed by atoms with Crippen LogP contribution >= 0.6 is 0 Å². The first-order valence-electron chi connectivity index (χ1n) is 8.07. The molecular weight excluding hydrogens is 310 g/mol. The van der Waals surface area contributed by atoms with Crippen LogP contribution in [0.25, 0.3) is 0 Å². The maximum atomic E-state index is 12.6. The first-order valence-corrected chi connectivity index (χ1v) is 8.07. The molecule has 0 spiro atoms. The monoisotopic (exact) mass is 331 g/mol. The number of hydrogen-bond acceptors (Lipinski definition) is 5. The van der Waals surface area contributed by atoms with Gasteiger partial charge in [0.05, 0.1) is 13.2 Å². The molecule has 0 radical (unpaired) electrons. The smallest absolute Gasteiger partial charge is 0.254 e. The minimum absolute atomic E-state index is 0.176. The van der Waals surface area contributed by atoms with Crippen LogP contribution in [-0.2, 0) is 18.2 Å². The third-order valence-electron chi connectivity index (χ3n) is 4.03. The van der Waals surface area contributed by atoms with Crippen LogP contribution in [0.5, 0.6) is 0 Å². The van der Waals surface area contributed by atoms with E-state index in [-0.39, 0.29) is 17.6 Å². The Morgan fingerprint density at radius 2 is 2.33 bits per heavy atom. The van der Waals surface area contributed by atoms with Crippen molar-refractivity contribution in [3.05, 3.63) is 45.9 Å². The number of nitrogens with one attached hydrogen (secondary N) is 1. The molecule has 2 aromatic heterocycles. The molecule has 8 heteroatoms. The fourth-order valence-corrected chi connectivity index (χ4v) is 2.66. The molecule has 1 aliphatic rings. The van der Waals surface area contributed by atoms with Gasteiger partial charge in [0.15, 0.2) is 5.82 Å². The minimum Gasteiger partial charge on any atom is -0.366 e. The van der Waals surface area contributed by atoms with E-state index in [1.54, 1.807) is 24.2 Å². The highest BCUT2D eigenvalue weighted by atomic mass is 16.5. The molecule has 1 N–H and O–H groups in total. The van der Waals surface area contributed by atoms with Gasteiger partial charge in [-0.05, 0) is 12.5 Å². The standard InChI is InChI=1S/C16H21N5O3/c1-3-4-13-17-15(19-18-13)12-10-21(7-8-24-12)16(23)11-5-6-20(2)14(22)9-11/h5-6,9,12H,3-4,7-8,10H2,1-2H3,(H,17,18,19). The van der Waals surface area contributed by atoms with E-state index in [4.69, 9.17) is 4.74 Å². The van der Waals surface area contributed by atoms with Gasteiger partial charge in [0.2, 0.25) is 0 Å². The van der Waals surface area contributed by atoms with Crippen molar-refractivity contribution in [1.82, 2.24) is 24.6 Å². The summed E-state index contributed by atoms with van der Waals surface area (Å²) in [6.45, 7) is 3.34. The Morgan fingerprint density at radius 3 is 3.08 bits per heavy atom. The molecule has 24 heavy (non-hydrogen) atoms. The van der Waals surface area contributed by atoms with E-state index < -0.39 is 0 Å². The van der Waals surface area contributed by atoms with Gasteiger partial charge in [-0.15, -0.1) is 0 Å². The molecule has 1 atom stereocenters. The molecule has 2 aromatic rings. The van der Waals surface area contributed by atoms with E-state index in [0.717, 1.165) is 18.7 Å². The van der Waals surface area contributed by atoms with Gasteiger partial charge < -0.3 is 14.2 Å². The van der Waals surface area contributed by atoms with Gasteiger partial charge in [-0.25, -0.2) is 4.98 Å². The molecular formula is C16H21N5O3. The second-order valence-electron chi connectivity index (χ2n) is 5.87. The first-order chi connectivity index (χ1) is 11.6. The number of carbonyl (C=O) groups excluding carboxylic acids is 1. The van der Waals surface area contributed by atoms with Crippen LogP contribution in [-0.4, -0.2) is 50.3 Å². The third kappa shape index (κ3) is 3.38. The number of H-pyrrole nitrogens is 1. The van der Waals surface area contributed by atoms with Gasteiger partial charge in [-0.1, -0.05) is 6.92 Å². The van der Waals surface area contributed by atoms with Gasteiger partial charge in [-0.2, -0.15) is 5.10 Å². The number of morpholine rings is 1. The van der Waals surface area contributed by atoms with Crippen LogP contribution in [0.4, 0.5) is 0 Å². The van der Waals surface area contributed by atoms with Crippen LogP contribution in [0.1, 0.15) is 41.5 Å². The van der Waals surface area contributed by atoms with E-state index in [9.17, 15) is 9.59 Å². The number of aromatic nitrogens is 4. The number of aryl methyl sites for hydroxylation is 2. The van der Waals surface area contributed by atoms with Crippen molar-refractivity contribution in [2.45, 2.75) is 25.9 Å². The highest BCUT2D eigenvalue weighted by molar-refractivity contribution is 5.94. The number of ether oxygens (including phenoxy) is 1. The molecule has 1 saturated heterocycles. The Labute approximate surface area is 139 Å². The lowest BCUT2D eigenvalue weighted by molar-refractivity contribution is -0.0266. The Hall–Kier alpha value is -2.48. The molecule has 1 aliphatic heterocycles. The lowest BCUT2D eigenvalue weighted by Crippen LogP contribution is -2.42. The number of carbonyl (C=O) groups is 1. The largest absolute Gasteiger partial charge is 0.366 e. The first kappa shape index (κ1) is 16.4. The summed E-state index contributed by atoms with van der Waals surface area (Å²) in [6, 6.07) is 3.01. The SMILES string of the molecule is CCCc1nc(C2CN(C(=O)c3ccn(C)c(=O)c3)CCO2)n[nH]1. The third-order valence-corrected chi connectivity index (χ3v) is 4.03. The Kier molecular flexibility index (Phi) is 4.75. The zero-order chi connectivity index (χ0) is 17.1. The lowest BCUT2D eigenvalue weighted by Gasteiger charge is -2.31. The second kappa shape index (κ2) is 6.96. The number of rotatable bonds is 4. The fourth-order valence-electron chi connectivity index (χ4n) is 2.66. The van der Waals surface area contributed by atoms with Crippen LogP contribution in [0.3, 0.4) is 0 Å². The number of nitrogens with zero attached hydrogens (tertiary/aromatic N) is 4. The van der Waals surface area contributed by atoms with Crippen LogP contribution in [0.15, 0.2) is 23.1 Å². The van der Waals surface area contributed by atoms with Crippen LogP contribution < -0.4 is 5.56 Å². The zero-order valence-electron chi connectivity index (χ0n) is 13.9. The maximum absolute atomic E-state index is 12.6. The van der Waals surface area contributed by atoms with Gasteiger partial charge in [0, 0.05) is 37.8 Å². The summed E-state index contributed by atoms with van der Waals surface area (Å²) in [7, 11) is 1.65. The Bertz CT molecular complexity index is 782. The number of pyridine rings is 1. The molecule has 1 amide bonds. The van der Waals surface area contributed by atoms with Gasteiger partial charge >= 0.3 is 0 Å². The predicted molar refractivity (Wildman–Crippen MR) is 86.7 cm³/mol. The second-order valence-corrected chi connectivity index (χ2v) is 5.87. The molecule has 0 bridgehead atoms. The fraction of sp³-hybridized carbons (Fsp3) is 0.500. The normalized spacial score (nSPS) is 17.9. The Balaban J connectivity index is 1.73. The van der Waals surface area contributed by atoms with E-state index in [0.29, 0.717) is 31.1 Å². The molecule has 3 heterocycles. The average Bonchev–Trinajstić information content (AvgIpc) is 3.06. The van der Waals surface area contributed by atoms with Crippen molar-refractivity contribution in [3.8, 4) is 0 Å². The highest BCUT2D eigenvalue weighted by Gasteiger charge is 2.28. The Morgan fingerprint density at radius 1 is 1.50 bits per heavy atom. The van der Waals surface area contributed by atoms with Crippen molar-refractivity contribution in [1.29, 1.82) is 0 Å². The van der Waals surface area contributed by atoms with Crippen LogP contribution in [0, 0.1) is 0 Å². The van der Waals surface area contributed by atoms with Gasteiger partial charge in [0.1, 0.15) is 11.9 Å². The number of amides is 1. The molecule has 1 fully saturated rings. The summed E-state index contributed by atoms with van der Waals surface area (Å²) in [5.41, 5.74) is 0.184. The zero-order valence-corrected chi connectivity index (χ0v) is 13.9. The molecule has 3 rings (SSSR count). The van der Waals surface area contributed by atoms with Gasteiger partial charge in [-0.3, -0.25) is 14.7 Å². The summed E-state index contributed by atoms with van der Waals surface area (Å²) in [5.74, 6) is 1.22. The van der Waals surface area contributed by atoms with E-state index in [2.05, 4.69) is 22.1 Å². The van der Waals surface area contributed by atoms with Crippen LogP contribution in [0.2, 0.25) is 0 Å². The molecule has 1 unspecified atom stereocenters. The maximum Gasteiger partial charge on any atom is 0.254 e. The van der Waals surface area contributed by atoms with E-state index >= 15 is 0 Å². The molecule has 0 saturated carbocycles. The van der Waals surface area contributed by atoms with Crippen molar-refractivity contribution in [2.75, 3.05) is 19.7 Å². The summed E-state index contributed by atoms with van der Waals surface area (Å²) < 4.78 is 7.14. The van der Waals surface area contributed by atoms with Crippen molar-refractivity contribution < 1.29 is 9.53 Å². The highest BCUT2D eigenvalue weighted by Crippen LogP contribution is 2.20. The molecule has 0 aliphatic carbocycles. The van der Waals surface area contributed by atoms with Crippen molar-refractivity contribution in [3.63, 3.8) is 0 Å². The summed E-state index contributed by atoms with van der Waals surface area (Å²) in [4.78, 5) is 30.5. The predicted octanol–water partition coefficient (Wildman–Crippen LogP) is 0.670. The van der Waals surface area contributed by atoms with E-state index in [1.807, 2.05) is 0 Å². The van der Waals surface area contributed by atoms with Crippen molar-refractivity contribution in [2.24, 2.45) is 7.05 Å². The molecule has 128 valence electrons. The van der Waals surface area contributed by atoms with Crippen molar-refractivity contribution >= 4 is 5.91 Å². The summed E-state index contributed by atoms with van der Waals surface area (Å²) in [5, 5.41) is 7.10. The minimum atomic E-state index is -0.351. The molecule has 0 aromatic carbocycles. The average molecular weight is 331 g/mol. The molecule has 8 nitrogen and oxygen atoms in total. The lowest BCUT2D eigenvalue weighted by atomic mass is 10.2. The topological polar surface area (TPSA) is 93.1 Å². The van der Waals surface area contributed by atoms with Gasteiger partial charge in [0.25, 0.3) is 11.5 Å². The van der Waals surface area contributed by atoms with E-state index in [1.165, 1.54) is 10.6 Å². The number of hydrogen-bond donors (Lipinski definition) is 1. The summed E-state index contributed by atoms with van der Waals surface area (Å²) >= 11 is 0. The number of aromatic amines is 1. The summed E-state index contributed by atoms with van der Waals surface area (Å²) in [6.07, 6.45) is 3.06.